The lowest BCUT2D eigenvalue weighted by atomic mass is 9.66. The molecule has 4 rings (SSSR count). The average Bonchev–Trinajstić information content (AvgIpc) is 2.97. The standard InChI is InChI=1S/C18H23NO4/c1-19-8-7-18(5-3-12(20)4-6-18)14-9-15-17(23-11-22-15)16(21-2)13(14)10-19/h9H,3-8,10-11H2,1-2H3. The number of carbonyl (C=O) groups excluding carboxylic acids is 1. The van der Waals surface area contributed by atoms with Gasteiger partial charge in [0.1, 0.15) is 5.78 Å². The molecule has 3 aliphatic rings. The lowest BCUT2D eigenvalue weighted by Gasteiger charge is -2.38. The number of benzene rings is 1. The minimum Gasteiger partial charge on any atom is -0.492 e. The van der Waals surface area contributed by atoms with Crippen LogP contribution in [-0.2, 0) is 16.8 Å². The molecule has 0 amide bonds. The van der Waals surface area contributed by atoms with Crippen molar-refractivity contribution in [1.82, 2.24) is 4.90 Å². The number of ether oxygens (including phenoxy) is 3. The summed E-state index contributed by atoms with van der Waals surface area (Å²) in [6, 6.07) is 2.15. The van der Waals surface area contributed by atoms with Gasteiger partial charge in [-0.25, -0.2) is 0 Å². The summed E-state index contributed by atoms with van der Waals surface area (Å²) < 4.78 is 17.0. The topological polar surface area (TPSA) is 48.0 Å². The summed E-state index contributed by atoms with van der Waals surface area (Å²) >= 11 is 0. The van der Waals surface area contributed by atoms with Crippen molar-refractivity contribution < 1.29 is 19.0 Å². The van der Waals surface area contributed by atoms with Crippen molar-refractivity contribution in [2.75, 3.05) is 27.5 Å². The molecule has 1 aromatic rings. The van der Waals surface area contributed by atoms with Crippen LogP contribution in [0.25, 0.3) is 0 Å². The number of fused-ring (bicyclic) bond motifs is 3. The van der Waals surface area contributed by atoms with E-state index in [0.29, 0.717) is 18.6 Å². The minimum atomic E-state index is 0.0578. The van der Waals surface area contributed by atoms with Crippen LogP contribution in [0.1, 0.15) is 43.2 Å². The van der Waals surface area contributed by atoms with Crippen LogP contribution in [0.4, 0.5) is 0 Å². The van der Waals surface area contributed by atoms with E-state index in [9.17, 15) is 4.79 Å². The Balaban J connectivity index is 1.89. The number of ketones is 1. The molecular weight excluding hydrogens is 294 g/mol. The second-order valence-corrected chi connectivity index (χ2v) is 6.98. The Hall–Kier alpha value is -1.75. The van der Waals surface area contributed by atoms with Crippen LogP contribution >= 0.6 is 0 Å². The molecule has 5 nitrogen and oxygen atoms in total. The lowest BCUT2D eigenvalue weighted by Crippen LogP contribution is -2.33. The summed E-state index contributed by atoms with van der Waals surface area (Å²) in [7, 11) is 3.83. The summed E-state index contributed by atoms with van der Waals surface area (Å²) in [5.74, 6) is 2.70. The first-order valence-electron chi connectivity index (χ1n) is 8.33. The number of carbonyl (C=O) groups is 1. The fraction of sp³-hybridized carbons (Fsp3) is 0.611. The van der Waals surface area contributed by atoms with Crippen LogP contribution in [0.2, 0.25) is 0 Å². The smallest absolute Gasteiger partial charge is 0.231 e. The van der Waals surface area contributed by atoms with Crippen molar-refractivity contribution in [2.45, 2.75) is 44.1 Å². The molecule has 0 N–H and O–H groups in total. The zero-order valence-electron chi connectivity index (χ0n) is 13.8. The summed E-state index contributed by atoms with van der Waals surface area (Å²) in [6.45, 7) is 2.11. The van der Waals surface area contributed by atoms with Crippen LogP contribution in [0.5, 0.6) is 17.2 Å². The van der Waals surface area contributed by atoms with Crippen molar-refractivity contribution in [3.8, 4) is 17.2 Å². The highest BCUT2D eigenvalue weighted by Crippen LogP contribution is 2.53. The second kappa shape index (κ2) is 5.41. The molecule has 5 heteroatoms. The molecule has 1 aliphatic carbocycles. The third-order valence-corrected chi connectivity index (χ3v) is 5.66. The fourth-order valence-corrected chi connectivity index (χ4v) is 4.31. The highest BCUT2D eigenvalue weighted by atomic mass is 16.7. The van der Waals surface area contributed by atoms with Gasteiger partial charge < -0.3 is 19.1 Å². The third kappa shape index (κ3) is 2.29. The number of methoxy groups -OCH3 is 1. The molecule has 124 valence electrons. The second-order valence-electron chi connectivity index (χ2n) is 6.98. The van der Waals surface area contributed by atoms with Gasteiger partial charge in [-0.3, -0.25) is 4.79 Å². The fourth-order valence-electron chi connectivity index (χ4n) is 4.31. The maximum atomic E-state index is 11.8. The molecule has 23 heavy (non-hydrogen) atoms. The van der Waals surface area contributed by atoms with Gasteiger partial charge in [-0.1, -0.05) is 0 Å². The summed E-state index contributed by atoms with van der Waals surface area (Å²) in [6.07, 6.45) is 4.29. The van der Waals surface area contributed by atoms with E-state index in [0.717, 1.165) is 49.6 Å². The van der Waals surface area contributed by atoms with Crippen molar-refractivity contribution in [2.24, 2.45) is 0 Å². The molecule has 2 heterocycles. The maximum Gasteiger partial charge on any atom is 0.231 e. The highest BCUT2D eigenvalue weighted by Gasteiger charge is 2.42. The number of hydrogen-bond acceptors (Lipinski definition) is 5. The summed E-state index contributed by atoms with van der Waals surface area (Å²) in [5, 5.41) is 0. The summed E-state index contributed by atoms with van der Waals surface area (Å²) in [5.41, 5.74) is 2.56. The van der Waals surface area contributed by atoms with Gasteiger partial charge in [0.05, 0.1) is 7.11 Å². The number of Topliss-reactive ketones (excluding diaryl/α,β-unsaturated/α-hetero) is 1. The van der Waals surface area contributed by atoms with Gasteiger partial charge >= 0.3 is 0 Å². The predicted molar refractivity (Wildman–Crippen MR) is 85.2 cm³/mol. The quantitative estimate of drug-likeness (QED) is 0.797. The highest BCUT2D eigenvalue weighted by molar-refractivity contribution is 5.80. The lowest BCUT2D eigenvalue weighted by molar-refractivity contribution is -0.121. The maximum absolute atomic E-state index is 11.8. The number of hydrogen-bond donors (Lipinski definition) is 0. The van der Waals surface area contributed by atoms with Crippen molar-refractivity contribution in [3.05, 3.63) is 17.2 Å². The SMILES string of the molecule is COc1c2c(cc3c1OCO3)C1(CCC(=O)CC1)CCN(C)C2. The summed E-state index contributed by atoms with van der Waals surface area (Å²) in [4.78, 5) is 14.1. The monoisotopic (exact) mass is 317 g/mol. The Morgan fingerprint density at radius 1 is 1.22 bits per heavy atom. The Kier molecular flexibility index (Phi) is 3.48. The van der Waals surface area contributed by atoms with E-state index in [1.54, 1.807) is 7.11 Å². The first-order valence-corrected chi connectivity index (χ1v) is 8.33. The minimum absolute atomic E-state index is 0.0578. The molecule has 0 saturated heterocycles. The van der Waals surface area contributed by atoms with E-state index in [1.165, 1.54) is 11.1 Å². The molecule has 0 atom stereocenters. The van der Waals surface area contributed by atoms with Crippen molar-refractivity contribution in [1.29, 1.82) is 0 Å². The van der Waals surface area contributed by atoms with Gasteiger partial charge in [0.2, 0.25) is 12.5 Å². The van der Waals surface area contributed by atoms with Crippen molar-refractivity contribution in [3.63, 3.8) is 0 Å². The average molecular weight is 317 g/mol. The van der Waals surface area contributed by atoms with Gasteiger partial charge in [0, 0.05) is 24.9 Å². The van der Waals surface area contributed by atoms with Gasteiger partial charge in [0.15, 0.2) is 11.5 Å². The Labute approximate surface area is 136 Å². The Bertz CT molecular complexity index is 645. The molecule has 0 bridgehead atoms. The van der Waals surface area contributed by atoms with Gasteiger partial charge in [-0.05, 0) is 49.9 Å². The molecule has 2 aliphatic heterocycles. The van der Waals surface area contributed by atoms with Crippen LogP contribution in [0, 0.1) is 0 Å². The Morgan fingerprint density at radius 3 is 2.74 bits per heavy atom. The molecule has 0 radical (unpaired) electrons. The molecule has 0 unspecified atom stereocenters. The largest absolute Gasteiger partial charge is 0.492 e. The molecule has 1 fully saturated rings. The molecular formula is C18H23NO4. The van der Waals surface area contributed by atoms with E-state index in [2.05, 4.69) is 18.0 Å². The van der Waals surface area contributed by atoms with Crippen LogP contribution in [-0.4, -0.2) is 38.2 Å². The van der Waals surface area contributed by atoms with Crippen LogP contribution < -0.4 is 14.2 Å². The van der Waals surface area contributed by atoms with Crippen LogP contribution in [0.15, 0.2) is 6.07 Å². The van der Waals surface area contributed by atoms with Gasteiger partial charge in [-0.2, -0.15) is 0 Å². The van der Waals surface area contributed by atoms with E-state index >= 15 is 0 Å². The zero-order valence-corrected chi connectivity index (χ0v) is 13.8. The first kappa shape index (κ1) is 14.8. The van der Waals surface area contributed by atoms with Crippen LogP contribution in [0.3, 0.4) is 0 Å². The molecule has 0 aromatic heterocycles. The van der Waals surface area contributed by atoms with E-state index in [4.69, 9.17) is 14.2 Å². The van der Waals surface area contributed by atoms with E-state index < -0.39 is 0 Å². The van der Waals surface area contributed by atoms with Gasteiger partial charge in [-0.15, -0.1) is 0 Å². The molecule has 1 aromatic carbocycles. The third-order valence-electron chi connectivity index (χ3n) is 5.66. The molecule has 1 saturated carbocycles. The van der Waals surface area contributed by atoms with Gasteiger partial charge in [0.25, 0.3) is 0 Å². The number of nitrogens with zero attached hydrogens (tertiary/aromatic N) is 1. The Morgan fingerprint density at radius 2 is 2.00 bits per heavy atom. The van der Waals surface area contributed by atoms with E-state index in [-0.39, 0.29) is 12.2 Å². The normalized spacial score (nSPS) is 22.8. The van der Waals surface area contributed by atoms with E-state index in [1.807, 2.05) is 0 Å². The first-order chi connectivity index (χ1) is 11.1. The molecule has 1 spiro atoms. The predicted octanol–water partition coefficient (Wildman–Crippen LogP) is 2.64. The van der Waals surface area contributed by atoms with Crippen molar-refractivity contribution >= 4 is 5.78 Å². The zero-order chi connectivity index (χ0) is 16.0. The number of rotatable bonds is 1.